The average Bonchev–Trinajstić information content (AvgIpc) is 2.70. The number of benzene rings is 1. The first-order chi connectivity index (χ1) is 13.5. The van der Waals surface area contributed by atoms with E-state index in [1.807, 2.05) is 0 Å². The number of likely N-dealkylation sites (tertiary alicyclic amines) is 1. The maximum atomic E-state index is 12.7. The van der Waals surface area contributed by atoms with Crippen molar-refractivity contribution < 1.29 is 24.3 Å². The van der Waals surface area contributed by atoms with Gasteiger partial charge in [-0.2, -0.15) is 0 Å². The summed E-state index contributed by atoms with van der Waals surface area (Å²) in [6, 6.07) is 2.47. The summed E-state index contributed by atoms with van der Waals surface area (Å²) in [6.07, 6.45) is 2.50. The van der Waals surface area contributed by atoms with E-state index < -0.39 is 16.9 Å². The summed E-state index contributed by atoms with van der Waals surface area (Å²) in [7, 11) is 0. The minimum absolute atomic E-state index is 0.0477. The topological polar surface area (TPSA) is 114 Å². The molecule has 2 aliphatic rings. The van der Waals surface area contributed by atoms with Gasteiger partial charge in [0, 0.05) is 25.1 Å². The number of nitrogens with zero attached hydrogens (tertiary/aromatic N) is 2. The normalized spacial score (nSPS) is 21.9. The summed E-state index contributed by atoms with van der Waals surface area (Å²) in [5.74, 6) is -0.0845. The number of nitro benzene ring substituents is 1. The number of carbonyl (C=O) groups excluding carboxylic acids is 1. The van der Waals surface area contributed by atoms with Gasteiger partial charge in [-0.15, -0.1) is 0 Å². The van der Waals surface area contributed by atoms with Crippen LogP contribution < -0.4 is 14.8 Å². The predicted octanol–water partition coefficient (Wildman–Crippen LogP) is 1.58. The van der Waals surface area contributed by atoms with Crippen LogP contribution in [0.3, 0.4) is 0 Å². The first kappa shape index (κ1) is 20.3. The second-order valence-electron chi connectivity index (χ2n) is 7.25. The molecule has 2 aliphatic heterocycles. The van der Waals surface area contributed by atoms with Crippen molar-refractivity contribution in [1.82, 2.24) is 10.2 Å². The maximum absolute atomic E-state index is 12.7. The molecule has 0 radical (unpaired) electrons. The van der Waals surface area contributed by atoms with Crippen LogP contribution in [-0.4, -0.2) is 66.3 Å². The fraction of sp³-hybridized carbons (Fsp3) is 0.632. The van der Waals surface area contributed by atoms with Crippen LogP contribution in [0.4, 0.5) is 5.69 Å². The number of nitro groups is 1. The highest BCUT2D eigenvalue weighted by Gasteiger charge is 2.29. The number of ether oxygens (including phenoxy) is 2. The van der Waals surface area contributed by atoms with Crippen molar-refractivity contribution in [2.45, 2.75) is 32.3 Å². The number of unbranched alkanes of at least 4 members (excludes halogenated alkanes) is 1. The molecule has 28 heavy (non-hydrogen) atoms. The molecule has 9 nitrogen and oxygen atoms in total. The third-order valence-electron chi connectivity index (χ3n) is 5.24. The zero-order valence-corrected chi connectivity index (χ0v) is 16.1. The molecule has 9 heteroatoms. The molecule has 0 saturated carbocycles. The van der Waals surface area contributed by atoms with E-state index in [-0.39, 0.29) is 41.9 Å². The van der Waals surface area contributed by atoms with Crippen molar-refractivity contribution in [3.05, 3.63) is 27.8 Å². The van der Waals surface area contributed by atoms with Gasteiger partial charge in [0.2, 0.25) is 0 Å². The molecule has 0 aromatic heterocycles. The number of aliphatic hydroxyl groups excluding tert-OH is 1. The van der Waals surface area contributed by atoms with Crippen LogP contribution in [0.1, 0.15) is 36.5 Å². The van der Waals surface area contributed by atoms with Crippen LogP contribution in [0.5, 0.6) is 11.5 Å². The van der Waals surface area contributed by atoms with Crippen LogP contribution in [0.2, 0.25) is 0 Å². The van der Waals surface area contributed by atoms with Crippen LogP contribution in [-0.2, 0) is 0 Å². The SMILES string of the molecule is CCCCN1CC[C@@H](CNC(=O)c2cc([N+](=O)[O-])cc3c2OCCO3)[C@H](O)C1. The molecule has 2 N–H and O–H groups in total. The molecular formula is C19H27N3O6. The van der Waals surface area contributed by atoms with Gasteiger partial charge in [0.25, 0.3) is 11.6 Å². The quantitative estimate of drug-likeness (QED) is 0.534. The first-order valence-electron chi connectivity index (χ1n) is 9.76. The van der Waals surface area contributed by atoms with E-state index in [2.05, 4.69) is 17.1 Å². The van der Waals surface area contributed by atoms with Gasteiger partial charge in [-0.25, -0.2) is 0 Å². The van der Waals surface area contributed by atoms with E-state index in [0.717, 1.165) is 32.4 Å². The molecule has 0 aliphatic carbocycles. The second-order valence-corrected chi connectivity index (χ2v) is 7.25. The second kappa shape index (κ2) is 9.20. The van der Waals surface area contributed by atoms with Crippen molar-refractivity contribution in [1.29, 1.82) is 0 Å². The number of β-amino-alcohol motifs (C(OH)–C–C–N with tert-alkyl or cyclic N) is 1. The van der Waals surface area contributed by atoms with Crippen molar-refractivity contribution >= 4 is 11.6 Å². The number of carbonyl (C=O) groups is 1. The Hall–Kier alpha value is -2.39. The summed E-state index contributed by atoms with van der Waals surface area (Å²) >= 11 is 0. The number of amides is 1. The first-order valence-corrected chi connectivity index (χ1v) is 9.76. The van der Waals surface area contributed by atoms with E-state index in [9.17, 15) is 20.0 Å². The van der Waals surface area contributed by atoms with E-state index >= 15 is 0 Å². The number of nitrogens with one attached hydrogen (secondary N) is 1. The zero-order valence-electron chi connectivity index (χ0n) is 16.1. The average molecular weight is 393 g/mol. The van der Waals surface area contributed by atoms with Gasteiger partial charge >= 0.3 is 0 Å². The van der Waals surface area contributed by atoms with Gasteiger partial charge in [-0.05, 0) is 25.9 Å². The predicted molar refractivity (Wildman–Crippen MR) is 102 cm³/mol. The van der Waals surface area contributed by atoms with Gasteiger partial charge in [0.15, 0.2) is 11.5 Å². The van der Waals surface area contributed by atoms with Crippen LogP contribution in [0.25, 0.3) is 0 Å². The molecular weight excluding hydrogens is 366 g/mol. The Balaban J connectivity index is 1.64. The lowest BCUT2D eigenvalue weighted by atomic mass is 9.93. The smallest absolute Gasteiger partial charge is 0.274 e. The fourth-order valence-corrected chi connectivity index (χ4v) is 3.60. The van der Waals surface area contributed by atoms with E-state index in [4.69, 9.17) is 9.47 Å². The third-order valence-corrected chi connectivity index (χ3v) is 5.24. The molecule has 3 rings (SSSR count). The minimum Gasteiger partial charge on any atom is -0.486 e. The molecule has 0 bridgehead atoms. The summed E-state index contributed by atoms with van der Waals surface area (Å²) < 4.78 is 10.9. The number of aliphatic hydroxyl groups is 1. The number of non-ortho nitro benzene ring substituents is 1. The van der Waals surface area contributed by atoms with Gasteiger partial charge in [-0.3, -0.25) is 14.9 Å². The molecule has 154 valence electrons. The Morgan fingerprint density at radius 3 is 2.89 bits per heavy atom. The standard InChI is InChI=1S/C19H27N3O6/c1-2-3-5-21-6-4-13(16(23)12-21)11-20-19(24)15-9-14(22(25)26)10-17-18(15)28-8-7-27-17/h9-10,13,16,23H,2-8,11-12H2,1H3,(H,20,24)/t13-,16+/m0/s1. The molecule has 0 unspecified atom stereocenters. The zero-order chi connectivity index (χ0) is 20.1. The fourth-order valence-electron chi connectivity index (χ4n) is 3.60. The molecule has 1 amide bonds. The number of hydrogen-bond donors (Lipinski definition) is 2. The van der Waals surface area contributed by atoms with Crippen LogP contribution in [0, 0.1) is 16.0 Å². The maximum Gasteiger partial charge on any atom is 0.274 e. The number of rotatable bonds is 7. The molecule has 2 atom stereocenters. The summed E-state index contributed by atoms with van der Waals surface area (Å²) in [6.45, 7) is 5.46. The number of hydrogen-bond acceptors (Lipinski definition) is 7. The Labute approximate surface area is 163 Å². The highest BCUT2D eigenvalue weighted by atomic mass is 16.6. The lowest BCUT2D eigenvalue weighted by molar-refractivity contribution is -0.385. The minimum atomic E-state index is -0.565. The van der Waals surface area contributed by atoms with E-state index in [0.29, 0.717) is 13.1 Å². The monoisotopic (exact) mass is 393 g/mol. The largest absolute Gasteiger partial charge is 0.486 e. The van der Waals surface area contributed by atoms with Crippen LogP contribution >= 0.6 is 0 Å². The molecule has 1 fully saturated rings. The van der Waals surface area contributed by atoms with Crippen molar-refractivity contribution in [3.63, 3.8) is 0 Å². The van der Waals surface area contributed by atoms with Crippen LogP contribution in [0.15, 0.2) is 12.1 Å². The van der Waals surface area contributed by atoms with Gasteiger partial charge < -0.3 is 24.8 Å². The van der Waals surface area contributed by atoms with Crippen molar-refractivity contribution in [2.24, 2.45) is 5.92 Å². The number of fused-ring (bicyclic) bond motifs is 1. The Morgan fingerprint density at radius 2 is 2.18 bits per heavy atom. The highest BCUT2D eigenvalue weighted by Crippen LogP contribution is 2.37. The van der Waals surface area contributed by atoms with Crippen molar-refractivity contribution in [2.75, 3.05) is 39.4 Å². The Morgan fingerprint density at radius 1 is 1.39 bits per heavy atom. The van der Waals surface area contributed by atoms with E-state index in [1.165, 1.54) is 12.1 Å². The molecule has 1 saturated heterocycles. The Bertz CT molecular complexity index is 726. The third kappa shape index (κ3) is 4.71. The lowest BCUT2D eigenvalue weighted by Gasteiger charge is -2.36. The van der Waals surface area contributed by atoms with Gasteiger partial charge in [-0.1, -0.05) is 13.3 Å². The highest BCUT2D eigenvalue weighted by molar-refractivity contribution is 5.98. The number of piperidine rings is 1. The molecule has 2 heterocycles. The lowest BCUT2D eigenvalue weighted by Crippen LogP contribution is -2.47. The Kier molecular flexibility index (Phi) is 6.69. The summed E-state index contributed by atoms with van der Waals surface area (Å²) in [5.41, 5.74) is -0.141. The summed E-state index contributed by atoms with van der Waals surface area (Å²) in [5, 5.41) is 24.4. The molecule has 1 aromatic carbocycles. The molecule has 1 aromatic rings. The van der Waals surface area contributed by atoms with Crippen molar-refractivity contribution in [3.8, 4) is 11.5 Å². The summed E-state index contributed by atoms with van der Waals surface area (Å²) in [4.78, 5) is 25.5. The molecule has 0 spiro atoms. The van der Waals surface area contributed by atoms with Gasteiger partial charge in [0.05, 0.1) is 22.7 Å². The van der Waals surface area contributed by atoms with Gasteiger partial charge in [0.1, 0.15) is 13.2 Å². The van der Waals surface area contributed by atoms with E-state index in [1.54, 1.807) is 0 Å².